The maximum atomic E-state index is 12.4. The largest absolute Gasteiger partial charge is 0.379 e. The zero-order chi connectivity index (χ0) is 17.9. The van der Waals surface area contributed by atoms with Crippen LogP contribution in [-0.2, 0) is 14.3 Å². The molecule has 2 fully saturated rings. The fraction of sp³-hybridized carbons (Fsp3) is 0.500. The van der Waals surface area contributed by atoms with Gasteiger partial charge in [-0.1, -0.05) is 12.1 Å². The van der Waals surface area contributed by atoms with Crippen LogP contribution in [0.1, 0.15) is 6.42 Å². The van der Waals surface area contributed by atoms with E-state index >= 15 is 0 Å². The van der Waals surface area contributed by atoms with E-state index in [1.165, 1.54) is 0 Å². The Morgan fingerprint density at radius 2 is 2.12 bits per heavy atom. The zero-order valence-corrected chi connectivity index (χ0v) is 14.6. The summed E-state index contributed by atoms with van der Waals surface area (Å²) >= 11 is 0. The molecule has 2 aliphatic rings. The molecule has 8 heteroatoms. The van der Waals surface area contributed by atoms with Crippen molar-refractivity contribution in [2.24, 2.45) is 5.92 Å². The van der Waals surface area contributed by atoms with Crippen molar-refractivity contribution in [3.8, 4) is 0 Å². The molecule has 2 amide bonds. The topological polar surface area (TPSA) is 90.6 Å². The first-order chi connectivity index (χ1) is 12.7. The van der Waals surface area contributed by atoms with Gasteiger partial charge in [-0.25, -0.2) is 0 Å². The molecule has 138 valence electrons. The Labute approximate surface area is 151 Å². The van der Waals surface area contributed by atoms with Crippen molar-refractivity contribution in [1.82, 2.24) is 20.4 Å². The molecule has 1 aromatic carbocycles. The number of amides is 2. The number of aromatic amines is 1. The average molecular weight is 357 g/mol. The SMILES string of the molecule is O=C(NCCN1CCOCC1)[C@H]1CC(=O)N(c2n[nH]c3ccccc23)C1. The number of benzene rings is 1. The van der Waals surface area contributed by atoms with Crippen LogP contribution in [0.25, 0.3) is 10.9 Å². The molecule has 1 atom stereocenters. The van der Waals surface area contributed by atoms with Crippen LogP contribution in [0.15, 0.2) is 24.3 Å². The first-order valence-corrected chi connectivity index (χ1v) is 9.03. The van der Waals surface area contributed by atoms with Crippen LogP contribution in [0.5, 0.6) is 0 Å². The van der Waals surface area contributed by atoms with Gasteiger partial charge in [0.25, 0.3) is 0 Å². The number of para-hydroxylation sites is 1. The smallest absolute Gasteiger partial charge is 0.229 e. The Morgan fingerprint density at radius 1 is 1.31 bits per heavy atom. The fourth-order valence-corrected chi connectivity index (χ4v) is 3.55. The van der Waals surface area contributed by atoms with E-state index in [0.29, 0.717) is 18.9 Å². The van der Waals surface area contributed by atoms with Crippen molar-refractivity contribution >= 4 is 28.5 Å². The minimum Gasteiger partial charge on any atom is -0.379 e. The molecule has 4 rings (SSSR count). The number of nitrogens with zero attached hydrogens (tertiary/aromatic N) is 3. The van der Waals surface area contributed by atoms with E-state index in [1.54, 1.807) is 4.90 Å². The predicted molar refractivity (Wildman–Crippen MR) is 96.8 cm³/mol. The maximum Gasteiger partial charge on any atom is 0.229 e. The number of morpholine rings is 1. The van der Waals surface area contributed by atoms with Gasteiger partial charge in [-0.15, -0.1) is 0 Å². The van der Waals surface area contributed by atoms with Crippen LogP contribution in [0.2, 0.25) is 0 Å². The molecule has 0 aliphatic carbocycles. The Balaban J connectivity index is 1.34. The van der Waals surface area contributed by atoms with Crippen molar-refractivity contribution < 1.29 is 14.3 Å². The summed E-state index contributed by atoms with van der Waals surface area (Å²) in [6, 6.07) is 7.68. The number of carbonyl (C=O) groups excluding carboxylic acids is 2. The first-order valence-electron chi connectivity index (χ1n) is 9.03. The summed E-state index contributed by atoms with van der Waals surface area (Å²) in [6.07, 6.45) is 0.227. The summed E-state index contributed by atoms with van der Waals surface area (Å²) in [4.78, 5) is 28.8. The Bertz CT molecular complexity index is 799. The van der Waals surface area contributed by atoms with E-state index in [0.717, 1.165) is 43.8 Å². The summed E-state index contributed by atoms with van der Waals surface area (Å²) in [5, 5.41) is 11.1. The number of H-pyrrole nitrogens is 1. The second-order valence-corrected chi connectivity index (χ2v) is 6.74. The number of hydrogen-bond donors (Lipinski definition) is 2. The third-order valence-corrected chi connectivity index (χ3v) is 5.03. The van der Waals surface area contributed by atoms with E-state index in [9.17, 15) is 9.59 Å². The van der Waals surface area contributed by atoms with Gasteiger partial charge in [-0.05, 0) is 12.1 Å². The third kappa shape index (κ3) is 3.42. The molecule has 0 unspecified atom stereocenters. The summed E-state index contributed by atoms with van der Waals surface area (Å²) < 4.78 is 5.32. The summed E-state index contributed by atoms with van der Waals surface area (Å²) in [5.41, 5.74) is 0.883. The number of fused-ring (bicyclic) bond motifs is 1. The van der Waals surface area contributed by atoms with Gasteiger partial charge < -0.3 is 10.1 Å². The van der Waals surface area contributed by atoms with E-state index in [4.69, 9.17) is 4.74 Å². The van der Waals surface area contributed by atoms with Gasteiger partial charge >= 0.3 is 0 Å². The second-order valence-electron chi connectivity index (χ2n) is 6.74. The summed E-state index contributed by atoms with van der Waals surface area (Å²) in [6.45, 7) is 5.07. The molecule has 0 saturated carbocycles. The monoisotopic (exact) mass is 357 g/mol. The van der Waals surface area contributed by atoms with Gasteiger partial charge in [-0.3, -0.25) is 24.5 Å². The van der Waals surface area contributed by atoms with Crippen molar-refractivity contribution in [3.05, 3.63) is 24.3 Å². The molecule has 3 heterocycles. The van der Waals surface area contributed by atoms with Crippen LogP contribution < -0.4 is 10.2 Å². The highest BCUT2D eigenvalue weighted by Gasteiger charge is 2.36. The average Bonchev–Trinajstić information content (AvgIpc) is 3.26. The lowest BCUT2D eigenvalue weighted by molar-refractivity contribution is -0.126. The lowest BCUT2D eigenvalue weighted by atomic mass is 10.1. The number of anilines is 1. The highest BCUT2D eigenvalue weighted by Crippen LogP contribution is 2.29. The molecule has 0 spiro atoms. The van der Waals surface area contributed by atoms with Crippen LogP contribution >= 0.6 is 0 Å². The van der Waals surface area contributed by atoms with Gasteiger partial charge in [0, 0.05) is 44.5 Å². The third-order valence-electron chi connectivity index (χ3n) is 5.03. The minimum absolute atomic E-state index is 0.0596. The van der Waals surface area contributed by atoms with Crippen LogP contribution in [0, 0.1) is 5.92 Å². The van der Waals surface area contributed by atoms with Crippen molar-refractivity contribution in [2.45, 2.75) is 6.42 Å². The molecule has 2 N–H and O–H groups in total. The Morgan fingerprint density at radius 3 is 2.96 bits per heavy atom. The molecule has 2 aliphatic heterocycles. The molecule has 0 bridgehead atoms. The Hall–Kier alpha value is -2.45. The number of aromatic nitrogens is 2. The van der Waals surface area contributed by atoms with Gasteiger partial charge in [0.15, 0.2) is 5.82 Å². The first kappa shape index (κ1) is 17.0. The number of ether oxygens (including phenoxy) is 1. The summed E-state index contributed by atoms with van der Waals surface area (Å²) in [5.74, 6) is 0.154. The van der Waals surface area contributed by atoms with Crippen molar-refractivity contribution in [3.63, 3.8) is 0 Å². The van der Waals surface area contributed by atoms with E-state index in [2.05, 4.69) is 20.4 Å². The van der Waals surface area contributed by atoms with Gasteiger partial charge in [-0.2, -0.15) is 5.10 Å². The molecular weight excluding hydrogens is 334 g/mol. The highest BCUT2D eigenvalue weighted by atomic mass is 16.5. The molecular formula is C18H23N5O3. The number of nitrogens with one attached hydrogen (secondary N) is 2. The van der Waals surface area contributed by atoms with E-state index in [-0.39, 0.29) is 24.2 Å². The van der Waals surface area contributed by atoms with Crippen LogP contribution in [0.3, 0.4) is 0 Å². The van der Waals surface area contributed by atoms with Gasteiger partial charge in [0.2, 0.25) is 11.8 Å². The molecule has 8 nitrogen and oxygen atoms in total. The van der Waals surface area contributed by atoms with Crippen LogP contribution in [0.4, 0.5) is 5.82 Å². The van der Waals surface area contributed by atoms with Crippen LogP contribution in [-0.4, -0.2) is 72.8 Å². The van der Waals surface area contributed by atoms with Gasteiger partial charge in [0.1, 0.15) is 0 Å². The van der Waals surface area contributed by atoms with E-state index < -0.39 is 0 Å². The number of hydrogen-bond acceptors (Lipinski definition) is 5. The van der Waals surface area contributed by atoms with Gasteiger partial charge in [0.05, 0.1) is 24.6 Å². The maximum absolute atomic E-state index is 12.4. The second kappa shape index (κ2) is 7.43. The predicted octanol–water partition coefficient (Wildman–Crippen LogP) is 0.364. The fourth-order valence-electron chi connectivity index (χ4n) is 3.55. The number of carbonyl (C=O) groups is 2. The van der Waals surface area contributed by atoms with Crippen molar-refractivity contribution in [2.75, 3.05) is 50.8 Å². The normalized spacial score (nSPS) is 21.5. The quantitative estimate of drug-likeness (QED) is 0.807. The Kier molecular flexibility index (Phi) is 4.85. The molecule has 0 radical (unpaired) electrons. The molecule has 26 heavy (non-hydrogen) atoms. The summed E-state index contributed by atoms with van der Waals surface area (Å²) in [7, 11) is 0. The highest BCUT2D eigenvalue weighted by molar-refractivity contribution is 6.05. The molecule has 1 aromatic heterocycles. The molecule has 2 saturated heterocycles. The van der Waals surface area contributed by atoms with Crippen molar-refractivity contribution in [1.29, 1.82) is 0 Å². The number of rotatable bonds is 5. The standard InChI is InChI=1S/C18H23N5O3/c24-16-11-13(18(25)19-5-6-22-7-9-26-10-8-22)12-23(16)17-14-3-1-2-4-15(14)20-21-17/h1-4,13H,5-12H2,(H,19,25)(H,20,21)/t13-/m0/s1. The lowest BCUT2D eigenvalue weighted by Crippen LogP contribution is -2.42. The molecule has 2 aromatic rings. The minimum atomic E-state index is -0.331. The lowest BCUT2D eigenvalue weighted by Gasteiger charge is -2.26. The van der Waals surface area contributed by atoms with E-state index in [1.807, 2.05) is 24.3 Å². The zero-order valence-electron chi connectivity index (χ0n) is 14.6.